The zero-order valence-corrected chi connectivity index (χ0v) is 13.3. The van der Waals surface area contributed by atoms with Gasteiger partial charge in [0.1, 0.15) is 11.8 Å². The van der Waals surface area contributed by atoms with Crippen LogP contribution in [-0.4, -0.2) is 45.6 Å². The Labute approximate surface area is 141 Å². The largest absolute Gasteiger partial charge is 0.433 e. The molecule has 0 unspecified atom stereocenters. The molecule has 0 bridgehead atoms. The third kappa shape index (κ3) is 3.45. The molecule has 3 rings (SSSR count). The SMILES string of the molecule is C[C@@H]1CN(c2nccnc2C#N)CCN1c1nccc(C(F)(F)F)n1. The Morgan fingerprint density at radius 2 is 1.92 bits per heavy atom. The highest BCUT2D eigenvalue weighted by Crippen LogP contribution is 2.29. The molecule has 3 heterocycles. The van der Waals surface area contributed by atoms with Crippen LogP contribution >= 0.6 is 0 Å². The van der Waals surface area contributed by atoms with Gasteiger partial charge in [-0.05, 0) is 13.0 Å². The van der Waals surface area contributed by atoms with Crippen molar-refractivity contribution in [1.82, 2.24) is 19.9 Å². The molecule has 7 nitrogen and oxygen atoms in total. The second kappa shape index (κ2) is 6.51. The molecule has 0 amide bonds. The lowest BCUT2D eigenvalue weighted by atomic mass is 10.2. The molecular weight excluding hydrogens is 335 g/mol. The third-order valence-electron chi connectivity index (χ3n) is 3.90. The van der Waals surface area contributed by atoms with E-state index in [2.05, 4.69) is 19.9 Å². The average molecular weight is 349 g/mol. The van der Waals surface area contributed by atoms with Crippen molar-refractivity contribution < 1.29 is 13.2 Å². The predicted octanol–water partition coefficient (Wildman–Crippen LogP) is 1.87. The van der Waals surface area contributed by atoms with Crippen LogP contribution in [0.5, 0.6) is 0 Å². The van der Waals surface area contributed by atoms with Crippen molar-refractivity contribution in [1.29, 1.82) is 5.26 Å². The Morgan fingerprint density at radius 1 is 1.16 bits per heavy atom. The number of piperazine rings is 1. The van der Waals surface area contributed by atoms with Crippen molar-refractivity contribution in [3.8, 4) is 6.07 Å². The van der Waals surface area contributed by atoms with Crippen LogP contribution in [0.4, 0.5) is 24.9 Å². The maximum Gasteiger partial charge on any atom is 0.433 e. The molecule has 0 spiro atoms. The van der Waals surface area contributed by atoms with E-state index in [1.807, 2.05) is 17.9 Å². The van der Waals surface area contributed by atoms with Gasteiger partial charge in [-0.15, -0.1) is 0 Å². The van der Waals surface area contributed by atoms with Gasteiger partial charge in [0, 0.05) is 44.3 Å². The molecule has 1 saturated heterocycles. The van der Waals surface area contributed by atoms with Gasteiger partial charge in [0.15, 0.2) is 11.5 Å². The Hall–Kier alpha value is -2.96. The van der Waals surface area contributed by atoms with Gasteiger partial charge in [-0.3, -0.25) is 0 Å². The number of alkyl halides is 3. The number of hydrogen-bond acceptors (Lipinski definition) is 7. The predicted molar refractivity (Wildman–Crippen MR) is 82.8 cm³/mol. The molecule has 0 aromatic carbocycles. The van der Waals surface area contributed by atoms with Crippen molar-refractivity contribution in [3.63, 3.8) is 0 Å². The topological polar surface area (TPSA) is 81.8 Å². The number of anilines is 2. The minimum atomic E-state index is -4.51. The van der Waals surface area contributed by atoms with Crippen LogP contribution in [0, 0.1) is 11.3 Å². The zero-order chi connectivity index (χ0) is 18.0. The molecular formula is C15H14F3N7. The van der Waals surface area contributed by atoms with E-state index in [-0.39, 0.29) is 17.7 Å². The number of hydrogen-bond donors (Lipinski definition) is 0. The Balaban J connectivity index is 1.80. The van der Waals surface area contributed by atoms with Crippen molar-refractivity contribution >= 4 is 11.8 Å². The van der Waals surface area contributed by atoms with Gasteiger partial charge in [-0.25, -0.2) is 19.9 Å². The lowest BCUT2D eigenvalue weighted by Gasteiger charge is -2.40. The molecule has 2 aromatic rings. The zero-order valence-electron chi connectivity index (χ0n) is 13.3. The average Bonchev–Trinajstić information content (AvgIpc) is 2.61. The fraction of sp³-hybridized carbons (Fsp3) is 0.400. The number of nitrogens with zero attached hydrogens (tertiary/aromatic N) is 7. The van der Waals surface area contributed by atoms with Crippen LogP contribution in [0.2, 0.25) is 0 Å². The molecule has 0 N–H and O–H groups in total. The van der Waals surface area contributed by atoms with E-state index < -0.39 is 11.9 Å². The Kier molecular flexibility index (Phi) is 4.39. The van der Waals surface area contributed by atoms with Gasteiger partial charge in [0.2, 0.25) is 5.95 Å². The van der Waals surface area contributed by atoms with Crippen molar-refractivity contribution in [2.75, 3.05) is 29.4 Å². The van der Waals surface area contributed by atoms with E-state index in [0.29, 0.717) is 25.5 Å². The highest BCUT2D eigenvalue weighted by Gasteiger charge is 2.34. The normalized spacial score (nSPS) is 18.1. The minimum Gasteiger partial charge on any atom is -0.350 e. The van der Waals surface area contributed by atoms with E-state index in [1.165, 1.54) is 12.4 Å². The van der Waals surface area contributed by atoms with Gasteiger partial charge >= 0.3 is 6.18 Å². The van der Waals surface area contributed by atoms with Crippen LogP contribution < -0.4 is 9.80 Å². The maximum atomic E-state index is 12.8. The first kappa shape index (κ1) is 16.9. The number of aromatic nitrogens is 4. The molecule has 130 valence electrons. The third-order valence-corrected chi connectivity index (χ3v) is 3.90. The van der Waals surface area contributed by atoms with E-state index >= 15 is 0 Å². The molecule has 25 heavy (non-hydrogen) atoms. The van der Waals surface area contributed by atoms with E-state index in [0.717, 1.165) is 12.3 Å². The monoisotopic (exact) mass is 349 g/mol. The van der Waals surface area contributed by atoms with Crippen LogP contribution in [0.25, 0.3) is 0 Å². The van der Waals surface area contributed by atoms with Gasteiger partial charge in [0.25, 0.3) is 0 Å². The summed E-state index contributed by atoms with van der Waals surface area (Å²) in [5, 5.41) is 9.14. The van der Waals surface area contributed by atoms with Crippen molar-refractivity contribution in [3.05, 3.63) is 36.0 Å². The quantitative estimate of drug-likeness (QED) is 0.818. The highest BCUT2D eigenvalue weighted by molar-refractivity contribution is 5.51. The molecule has 10 heteroatoms. The Morgan fingerprint density at radius 3 is 2.60 bits per heavy atom. The summed E-state index contributed by atoms with van der Waals surface area (Å²) in [5.41, 5.74) is -0.744. The molecule has 1 aliphatic heterocycles. The summed E-state index contributed by atoms with van der Waals surface area (Å²) in [6, 6.07) is 2.69. The molecule has 1 atom stereocenters. The fourth-order valence-corrected chi connectivity index (χ4v) is 2.73. The van der Waals surface area contributed by atoms with E-state index in [1.54, 1.807) is 4.90 Å². The first-order chi connectivity index (χ1) is 11.9. The summed E-state index contributed by atoms with van der Waals surface area (Å²) in [6.45, 7) is 3.20. The van der Waals surface area contributed by atoms with Crippen LogP contribution in [0.15, 0.2) is 24.7 Å². The molecule has 0 aliphatic carbocycles. The van der Waals surface area contributed by atoms with Crippen molar-refractivity contribution in [2.24, 2.45) is 0 Å². The molecule has 1 aliphatic rings. The van der Waals surface area contributed by atoms with Crippen molar-refractivity contribution in [2.45, 2.75) is 19.1 Å². The van der Waals surface area contributed by atoms with E-state index in [4.69, 9.17) is 5.26 Å². The van der Waals surface area contributed by atoms with E-state index in [9.17, 15) is 13.2 Å². The first-order valence-corrected chi connectivity index (χ1v) is 7.53. The fourth-order valence-electron chi connectivity index (χ4n) is 2.73. The second-order valence-corrected chi connectivity index (χ2v) is 5.57. The molecule has 1 fully saturated rings. The smallest absolute Gasteiger partial charge is 0.350 e. The van der Waals surface area contributed by atoms with Gasteiger partial charge in [-0.2, -0.15) is 18.4 Å². The lowest BCUT2D eigenvalue weighted by molar-refractivity contribution is -0.141. The first-order valence-electron chi connectivity index (χ1n) is 7.53. The summed E-state index contributed by atoms with van der Waals surface area (Å²) < 4.78 is 38.5. The van der Waals surface area contributed by atoms with Crippen LogP contribution in [0.3, 0.4) is 0 Å². The Bertz CT molecular complexity index is 802. The van der Waals surface area contributed by atoms with Crippen LogP contribution in [-0.2, 0) is 6.18 Å². The number of rotatable bonds is 2. The summed E-state index contributed by atoms with van der Waals surface area (Å²) in [7, 11) is 0. The summed E-state index contributed by atoms with van der Waals surface area (Å²) in [6.07, 6.45) is -0.452. The summed E-state index contributed by atoms with van der Waals surface area (Å²) in [5.74, 6) is 0.517. The molecule has 0 saturated carbocycles. The number of halogens is 3. The lowest BCUT2D eigenvalue weighted by Crippen LogP contribution is -2.53. The highest BCUT2D eigenvalue weighted by atomic mass is 19.4. The molecule has 2 aromatic heterocycles. The van der Waals surface area contributed by atoms with Gasteiger partial charge < -0.3 is 9.80 Å². The summed E-state index contributed by atoms with van der Waals surface area (Å²) in [4.78, 5) is 19.4. The van der Waals surface area contributed by atoms with Gasteiger partial charge in [0.05, 0.1) is 0 Å². The van der Waals surface area contributed by atoms with Crippen LogP contribution in [0.1, 0.15) is 18.3 Å². The van der Waals surface area contributed by atoms with Gasteiger partial charge in [-0.1, -0.05) is 0 Å². The standard InChI is InChI=1S/C15H14F3N7/c1-10-9-24(13-11(8-19)20-4-5-21-13)6-7-25(10)14-22-3-2-12(23-14)15(16,17)18/h2-5,10H,6-7,9H2,1H3/t10-/m1/s1. The summed E-state index contributed by atoms with van der Waals surface area (Å²) >= 11 is 0. The minimum absolute atomic E-state index is 0.0432. The second-order valence-electron chi connectivity index (χ2n) is 5.57. The number of nitriles is 1. The molecule has 0 radical (unpaired) electrons. The maximum absolute atomic E-state index is 12.8.